The second-order valence-electron chi connectivity index (χ2n) is 7.91. The van der Waals surface area contributed by atoms with Crippen molar-refractivity contribution in [3.05, 3.63) is 104 Å². The van der Waals surface area contributed by atoms with E-state index in [0.29, 0.717) is 37.8 Å². The summed E-state index contributed by atoms with van der Waals surface area (Å²) >= 11 is 11.1. The Labute approximate surface area is 232 Å². The highest BCUT2D eigenvalue weighted by atomic mass is 35.5. The Bertz CT molecular complexity index is 1630. The number of thiophene rings is 2. The molecule has 0 amide bonds. The zero-order valence-electron chi connectivity index (χ0n) is 19.3. The van der Waals surface area contributed by atoms with Crippen molar-refractivity contribution in [3.8, 4) is 20.3 Å². The van der Waals surface area contributed by atoms with Crippen LogP contribution in [0.25, 0.3) is 20.3 Å². The van der Waals surface area contributed by atoms with Gasteiger partial charge in [0, 0.05) is 31.8 Å². The first-order chi connectivity index (χ1) is 17.9. The summed E-state index contributed by atoms with van der Waals surface area (Å²) in [6.07, 6.45) is 0. The Hall–Kier alpha value is -2.76. The van der Waals surface area contributed by atoms with Crippen LogP contribution in [0.15, 0.2) is 87.0 Å². The van der Waals surface area contributed by atoms with Crippen molar-refractivity contribution in [1.82, 2.24) is 9.97 Å². The number of hydrogen-bond acceptors (Lipinski definition) is 6. The van der Waals surface area contributed by atoms with E-state index in [1.165, 1.54) is 40.9 Å². The van der Waals surface area contributed by atoms with Crippen LogP contribution in [0.4, 0.5) is 10.1 Å². The van der Waals surface area contributed by atoms with Gasteiger partial charge < -0.3 is 9.71 Å². The fraction of sp³-hybridized carbons (Fsp3) is 0.0769. The molecule has 188 valence electrons. The molecular weight excluding hydrogens is 569 g/mol. The van der Waals surface area contributed by atoms with Crippen LogP contribution < -0.4 is 10.3 Å². The summed E-state index contributed by atoms with van der Waals surface area (Å²) in [5.41, 5.74) is 2.41. The number of nitrogens with zero attached hydrogens (tertiary/aromatic N) is 1. The fourth-order valence-electron chi connectivity index (χ4n) is 3.43. The summed E-state index contributed by atoms with van der Waals surface area (Å²) in [7, 11) is -1.56. The molecule has 0 saturated heterocycles. The second kappa shape index (κ2) is 11.3. The van der Waals surface area contributed by atoms with E-state index < -0.39 is 11.0 Å². The van der Waals surface area contributed by atoms with Gasteiger partial charge in [-0.1, -0.05) is 35.5 Å². The van der Waals surface area contributed by atoms with Gasteiger partial charge in [-0.15, -0.1) is 22.7 Å². The number of anilines is 1. The fourth-order valence-corrected chi connectivity index (χ4v) is 7.45. The number of halogens is 2. The maximum absolute atomic E-state index is 13.1. The predicted octanol–water partition coefficient (Wildman–Crippen LogP) is 7.75. The predicted molar refractivity (Wildman–Crippen MR) is 154 cm³/mol. The minimum absolute atomic E-state index is 0.178. The van der Waals surface area contributed by atoms with Crippen molar-refractivity contribution < 1.29 is 8.60 Å². The number of rotatable bonds is 8. The molecule has 0 aliphatic rings. The molecule has 0 saturated carbocycles. The Balaban J connectivity index is 1.30. The van der Waals surface area contributed by atoms with Gasteiger partial charge >= 0.3 is 0 Å². The Morgan fingerprint density at radius 1 is 1.08 bits per heavy atom. The van der Waals surface area contributed by atoms with Crippen LogP contribution >= 0.6 is 46.0 Å². The summed E-state index contributed by atoms with van der Waals surface area (Å²) in [6.45, 7) is 1.77. The molecule has 3 aromatic heterocycles. The summed E-state index contributed by atoms with van der Waals surface area (Å²) in [5, 5.41) is 2.99. The van der Waals surface area contributed by atoms with Gasteiger partial charge in [-0.3, -0.25) is 4.79 Å². The van der Waals surface area contributed by atoms with E-state index in [9.17, 15) is 13.4 Å². The third-order valence-electron chi connectivity index (χ3n) is 5.39. The number of H-pyrrole nitrogens is 1. The summed E-state index contributed by atoms with van der Waals surface area (Å²) in [4.78, 5) is 24.0. The molecule has 0 bridgehead atoms. The number of aromatic amines is 1. The molecule has 2 aromatic carbocycles. The van der Waals surface area contributed by atoms with Gasteiger partial charge in [0.25, 0.3) is 5.56 Å². The summed E-state index contributed by atoms with van der Waals surface area (Å²) < 4.78 is 28.6. The number of hydrogen-bond donors (Lipinski definition) is 2. The summed E-state index contributed by atoms with van der Waals surface area (Å²) in [6, 6.07) is 18.9. The van der Waals surface area contributed by atoms with Crippen LogP contribution in [-0.4, -0.2) is 14.2 Å². The smallest absolute Gasteiger partial charge is 0.255 e. The van der Waals surface area contributed by atoms with E-state index in [2.05, 4.69) is 21.8 Å². The SMILES string of the molecule is Cc1c(-c2ccc(-c3cccs3)s2)nc(SCc2ccc(S(=O)Nc3ccc(F)cc3)cc2Cl)[nH]c1=O. The molecule has 3 heterocycles. The van der Waals surface area contributed by atoms with Gasteiger partial charge in [-0.25, -0.2) is 13.6 Å². The van der Waals surface area contributed by atoms with Crippen molar-refractivity contribution in [1.29, 1.82) is 0 Å². The molecule has 5 aromatic rings. The van der Waals surface area contributed by atoms with E-state index >= 15 is 0 Å². The van der Waals surface area contributed by atoms with Crippen molar-refractivity contribution >= 4 is 62.7 Å². The van der Waals surface area contributed by atoms with Crippen LogP contribution in [0.1, 0.15) is 11.1 Å². The summed E-state index contributed by atoms with van der Waals surface area (Å²) in [5.74, 6) is 0.101. The van der Waals surface area contributed by atoms with Crippen LogP contribution in [-0.2, 0) is 16.7 Å². The van der Waals surface area contributed by atoms with Gasteiger partial charge in [0.1, 0.15) is 16.8 Å². The lowest BCUT2D eigenvalue weighted by Crippen LogP contribution is -2.13. The average Bonchev–Trinajstić information content (AvgIpc) is 3.59. The normalized spacial score (nSPS) is 12.0. The van der Waals surface area contributed by atoms with E-state index in [-0.39, 0.29) is 11.4 Å². The lowest BCUT2D eigenvalue weighted by Gasteiger charge is -2.10. The highest BCUT2D eigenvalue weighted by Gasteiger charge is 2.15. The van der Waals surface area contributed by atoms with Crippen molar-refractivity contribution in [2.45, 2.75) is 22.7 Å². The van der Waals surface area contributed by atoms with Crippen LogP contribution in [0.5, 0.6) is 0 Å². The van der Waals surface area contributed by atoms with Gasteiger partial charge in [0.15, 0.2) is 5.16 Å². The zero-order chi connectivity index (χ0) is 25.9. The topological polar surface area (TPSA) is 74.8 Å². The third-order valence-corrected chi connectivity index (χ3v) is 9.93. The molecule has 5 rings (SSSR count). The molecule has 0 spiro atoms. The molecule has 0 aliphatic heterocycles. The zero-order valence-corrected chi connectivity index (χ0v) is 23.3. The van der Waals surface area contributed by atoms with Crippen LogP contribution in [0.3, 0.4) is 0 Å². The molecule has 0 fully saturated rings. The number of thioether (sulfide) groups is 1. The molecule has 1 atom stereocenters. The molecule has 11 heteroatoms. The first-order valence-corrected chi connectivity index (χ1v) is 15.2. The lowest BCUT2D eigenvalue weighted by atomic mass is 10.2. The average molecular weight is 588 g/mol. The van der Waals surface area contributed by atoms with Gasteiger partial charge in [-0.2, -0.15) is 0 Å². The van der Waals surface area contributed by atoms with Crippen LogP contribution in [0, 0.1) is 12.7 Å². The van der Waals surface area contributed by atoms with Gasteiger partial charge in [-0.05, 0) is 72.5 Å². The maximum Gasteiger partial charge on any atom is 0.255 e. The minimum Gasteiger partial charge on any atom is -0.301 e. The second-order valence-corrected chi connectivity index (χ2v) is 12.5. The quantitative estimate of drug-likeness (QED) is 0.144. The Kier molecular flexibility index (Phi) is 7.92. The van der Waals surface area contributed by atoms with E-state index in [1.807, 2.05) is 17.5 Å². The van der Waals surface area contributed by atoms with Crippen molar-refractivity contribution in [3.63, 3.8) is 0 Å². The maximum atomic E-state index is 13.1. The molecule has 1 unspecified atom stereocenters. The molecular formula is C26H19ClFN3O2S4. The molecule has 2 N–H and O–H groups in total. The molecule has 0 aliphatic carbocycles. The Morgan fingerprint density at radius 3 is 2.59 bits per heavy atom. The van der Waals surface area contributed by atoms with Crippen molar-refractivity contribution in [2.24, 2.45) is 0 Å². The standard InChI is InChI=1S/C26H19ClFN3O2S4/c1-15-24(23-11-10-22(36-23)21-3-2-12-34-21)29-26(30-25(15)32)35-14-16-4-9-19(13-20(16)27)37(33)31-18-7-5-17(28)6-8-18/h2-13,31H,14H2,1H3,(H,29,30,32). The number of aromatic nitrogens is 2. The first kappa shape index (κ1) is 25.9. The Morgan fingerprint density at radius 2 is 1.86 bits per heavy atom. The van der Waals surface area contributed by atoms with E-state index in [1.54, 1.807) is 47.8 Å². The van der Waals surface area contributed by atoms with Gasteiger partial charge in [0.05, 0.1) is 15.5 Å². The number of benzene rings is 2. The minimum atomic E-state index is -1.56. The highest BCUT2D eigenvalue weighted by molar-refractivity contribution is 7.98. The molecule has 5 nitrogen and oxygen atoms in total. The largest absolute Gasteiger partial charge is 0.301 e. The molecule has 0 radical (unpaired) electrons. The van der Waals surface area contributed by atoms with Crippen LogP contribution in [0.2, 0.25) is 5.02 Å². The monoisotopic (exact) mass is 587 g/mol. The molecule has 37 heavy (non-hydrogen) atoms. The van der Waals surface area contributed by atoms with E-state index in [4.69, 9.17) is 16.6 Å². The lowest BCUT2D eigenvalue weighted by molar-refractivity contribution is 0.628. The first-order valence-electron chi connectivity index (χ1n) is 11.0. The van der Waals surface area contributed by atoms with E-state index in [0.717, 1.165) is 15.3 Å². The van der Waals surface area contributed by atoms with Crippen molar-refractivity contribution in [2.75, 3.05) is 4.72 Å². The van der Waals surface area contributed by atoms with Gasteiger partial charge in [0.2, 0.25) is 0 Å². The highest BCUT2D eigenvalue weighted by Crippen LogP contribution is 2.37. The third kappa shape index (κ3) is 6.05. The number of nitrogens with one attached hydrogen (secondary N) is 2.